The minimum absolute atomic E-state index is 0.213. The van der Waals surface area contributed by atoms with Gasteiger partial charge in [-0.15, -0.1) is 0 Å². The summed E-state index contributed by atoms with van der Waals surface area (Å²) < 4.78 is 5.51. The zero-order valence-electron chi connectivity index (χ0n) is 11.6. The van der Waals surface area contributed by atoms with Gasteiger partial charge in [-0.05, 0) is 37.1 Å². The average Bonchev–Trinajstić information content (AvgIpc) is 2.54. The van der Waals surface area contributed by atoms with E-state index in [4.69, 9.17) is 10.00 Å². The van der Waals surface area contributed by atoms with Gasteiger partial charge >= 0.3 is 6.02 Å². The van der Waals surface area contributed by atoms with Crippen LogP contribution in [0, 0.1) is 11.5 Å². The number of para-hydroxylation sites is 1. The van der Waals surface area contributed by atoms with Crippen molar-refractivity contribution in [1.29, 1.82) is 5.26 Å². The molecule has 106 valence electrons. The van der Waals surface area contributed by atoms with E-state index >= 15 is 0 Å². The van der Waals surface area contributed by atoms with Crippen LogP contribution < -0.4 is 10.1 Å². The molecule has 2 rings (SSSR count). The predicted octanol–water partition coefficient (Wildman–Crippen LogP) is 2.52. The number of aliphatic imine (C=N–C) groups is 1. The number of aryl methyl sites for hydroxylation is 1. The van der Waals surface area contributed by atoms with Gasteiger partial charge in [0, 0.05) is 18.4 Å². The van der Waals surface area contributed by atoms with Gasteiger partial charge in [0.15, 0.2) is 6.19 Å². The summed E-state index contributed by atoms with van der Waals surface area (Å²) in [6, 6.07) is 15.3. The maximum absolute atomic E-state index is 8.72. The third kappa shape index (κ3) is 5.33. The minimum atomic E-state index is 0.213. The van der Waals surface area contributed by atoms with E-state index < -0.39 is 0 Å². The highest BCUT2D eigenvalue weighted by atomic mass is 16.5. The molecule has 0 saturated heterocycles. The Morgan fingerprint density at radius 2 is 2.00 bits per heavy atom. The number of nitrogens with zero attached hydrogens (tertiary/aromatic N) is 3. The predicted molar refractivity (Wildman–Crippen MR) is 80.7 cm³/mol. The van der Waals surface area contributed by atoms with Crippen LogP contribution in [0.5, 0.6) is 5.75 Å². The monoisotopic (exact) mass is 280 g/mol. The first-order valence-electron chi connectivity index (χ1n) is 6.71. The molecule has 0 aliphatic carbocycles. The van der Waals surface area contributed by atoms with Crippen LogP contribution in [0.15, 0.2) is 59.7 Å². The van der Waals surface area contributed by atoms with Gasteiger partial charge in [-0.2, -0.15) is 5.26 Å². The molecule has 0 atom stereocenters. The summed E-state index contributed by atoms with van der Waals surface area (Å²) in [6.07, 6.45) is 5.29. The van der Waals surface area contributed by atoms with Gasteiger partial charge in [-0.3, -0.25) is 4.98 Å². The molecule has 21 heavy (non-hydrogen) atoms. The van der Waals surface area contributed by atoms with Crippen LogP contribution in [0.3, 0.4) is 0 Å². The smallest absolute Gasteiger partial charge is 0.303 e. The van der Waals surface area contributed by atoms with E-state index in [0.717, 1.165) is 18.5 Å². The van der Waals surface area contributed by atoms with Gasteiger partial charge in [-0.25, -0.2) is 10.3 Å². The number of nitrogens with one attached hydrogen (secondary N) is 1. The Kier molecular flexibility index (Phi) is 5.77. The average molecular weight is 280 g/mol. The van der Waals surface area contributed by atoms with Crippen molar-refractivity contribution < 1.29 is 4.74 Å². The molecule has 0 aliphatic heterocycles. The number of ether oxygens (including phenoxy) is 1. The molecule has 0 bridgehead atoms. The van der Waals surface area contributed by atoms with Crippen LogP contribution >= 0.6 is 0 Å². The van der Waals surface area contributed by atoms with Crippen LogP contribution in [0.25, 0.3) is 0 Å². The maximum atomic E-state index is 8.72. The van der Waals surface area contributed by atoms with Crippen molar-refractivity contribution in [3.63, 3.8) is 0 Å². The topological polar surface area (TPSA) is 70.3 Å². The Labute approximate surface area is 123 Å². The highest BCUT2D eigenvalue weighted by Crippen LogP contribution is 2.08. The summed E-state index contributed by atoms with van der Waals surface area (Å²) in [5, 5.41) is 11.2. The van der Waals surface area contributed by atoms with E-state index in [1.54, 1.807) is 6.20 Å². The Bertz CT molecular complexity index is 605. The van der Waals surface area contributed by atoms with E-state index in [-0.39, 0.29) is 6.02 Å². The molecule has 0 spiro atoms. The molecular weight excluding hydrogens is 264 g/mol. The first-order valence-corrected chi connectivity index (χ1v) is 6.71. The van der Waals surface area contributed by atoms with Crippen LogP contribution in [0.2, 0.25) is 0 Å². The number of nitriles is 1. The molecule has 5 heteroatoms. The Morgan fingerprint density at radius 1 is 1.19 bits per heavy atom. The zero-order valence-corrected chi connectivity index (χ0v) is 11.6. The summed E-state index contributed by atoms with van der Waals surface area (Å²) in [7, 11) is 0. The molecule has 2 aromatic rings. The van der Waals surface area contributed by atoms with Crippen molar-refractivity contribution in [3.05, 3.63) is 60.4 Å². The van der Waals surface area contributed by atoms with E-state index in [1.165, 1.54) is 0 Å². The third-order valence-electron chi connectivity index (χ3n) is 2.69. The molecule has 1 aromatic carbocycles. The van der Waals surface area contributed by atoms with E-state index in [1.807, 2.05) is 54.7 Å². The zero-order chi connectivity index (χ0) is 14.8. The highest BCUT2D eigenvalue weighted by Gasteiger charge is 2.01. The van der Waals surface area contributed by atoms with E-state index in [9.17, 15) is 0 Å². The lowest BCUT2D eigenvalue weighted by molar-refractivity contribution is 0.525. The quantitative estimate of drug-likeness (QED) is 0.300. The molecule has 0 unspecified atom stereocenters. The summed E-state index contributed by atoms with van der Waals surface area (Å²) in [4.78, 5) is 8.51. The summed E-state index contributed by atoms with van der Waals surface area (Å²) >= 11 is 0. The largest absolute Gasteiger partial charge is 0.425 e. The minimum Gasteiger partial charge on any atom is -0.425 e. The number of hydrogen-bond donors (Lipinski definition) is 1. The third-order valence-corrected chi connectivity index (χ3v) is 2.69. The molecule has 0 aliphatic rings. The fraction of sp³-hybridized carbons (Fsp3) is 0.188. The molecule has 0 saturated carbocycles. The van der Waals surface area contributed by atoms with E-state index in [2.05, 4.69) is 15.3 Å². The highest BCUT2D eigenvalue weighted by molar-refractivity contribution is 5.77. The molecule has 0 radical (unpaired) electrons. The Hall–Kier alpha value is -2.87. The molecule has 1 aromatic heterocycles. The molecule has 0 fully saturated rings. The SMILES string of the molecule is N#CNC(=NCCCc1ccccn1)Oc1ccccc1. The fourth-order valence-corrected chi connectivity index (χ4v) is 1.73. The number of amidine groups is 1. The number of rotatable bonds is 5. The Morgan fingerprint density at radius 3 is 2.71 bits per heavy atom. The second-order valence-electron chi connectivity index (χ2n) is 4.26. The number of hydrogen-bond acceptors (Lipinski definition) is 4. The molecule has 1 heterocycles. The number of pyridine rings is 1. The molecule has 1 N–H and O–H groups in total. The summed E-state index contributed by atoms with van der Waals surface area (Å²) in [5.74, 6) is 0.642. The van der Waals surface area contributed by atoms with Crippen molar-refractivity contribution in [1.82, 2.24) is 10.3 Å². The normalized spacial score (nSPS) is 10.7. The maximum Gasteiger partial charge on any atom is 0.303 e. The standard InChI is InChI=1S/C16H16N4O/c17-13-20-16(21-15-9-2-1-3-10-15)19-12-6-8-14-7-4-5-11-18-14/h1-5,7,9-11H,6,8,12H2,(H,19,20). The van der Waals surface area contributed by atoms with Gasteiger partial charge in [0.1, 0.15) is 5.75 Å². The molecular formula is C16H16N4O. The van der Waals surface area contributed by atoms with Crippen molar-refractivity contribution in [2.45, 2.75) is 12.8 Å². The van der Waals surface area contributed by atoms with Crippen molar-refractivity contribution in [2.24, 2.45) is 4.99 Å². The van der Waals surface area contributed by atoms with Crippen molar-refractivity contribution >= 4 is 6.02 Å². The summed E-state index contributed by atoms with van der Waals surface area (Å²) in [6.45, 7) is 0.563. The van der Waals surface area contributed by atoms with Crippen molar-refractivity contribution in [3.8, 4) is 11.9 Å². The molecule has 0 amide bonds. The lowest BCUT2D eigenvalue weighted by atomic mass is 10.2. The second kappa shape index (κ2) is 8.33. The van der Waals surface area contributed by atoms with Crippen LogP contribution in [-0.2, 0) is 6.42 Å². The molecule has 5 nitrogen and oxygen atoms in total. The van der Waals surface area contributed by atoms with Crippen LogP contribution in [0.4, 0.5) is 0 Å². The first kappa shape index (κ1) is 14.5. The first-order chi connectivity index (χ1) is 10.4. The lowest BCUT2D eigenvalue weighted by Crippen LogP contribution is -2.24. The van der Waals surface area contributed by atoms with Gasteiger partial charge in [0.25, 0.3) is 0 Å². The number of benzene rings is 1. The fourth-order valence-electron chi connectivity index (χ4n) is 1.73. The number of aromatic nitrogens is 1. The second-order valence-corrected chi connectivity index (χ2v) is 4.26. The van der Waals surface area contributed by atoms with Crippen LogP contribution in [0.1, 0.15) is 12.1 Å². The van der Waals surface area contributed by atoms with Gasteiger partial charge < -0.3 is 4.74 Å². The van der Waals surface area contributed by atoms with Gasteiger partial charge in [0.05, 0.1) is 0 Å². The van der Waals surface area contributed by atoms with Gasteiger partial charge in [-0.1, -0.05) is 24.3 Å². The van der Waals surface area contributed by atoms with E-state index in [0.29, 0.717) is 12.3 Å². The van der Waals surface area contributed by atoms with Crippen LogP contribution in [-0.4, -0.2) is 17.6 Å². The summed E-state index contributed by atoms with van der Waals surface area (Å²) in [5.41, 5.74) is 1.03. The van der Waals surface area contributed by atoms with Crippen molar-refractivity contribution in [2.75, 3.05) is 6.54 Å². The Balaban J connectivity index is 1.85. The van der Waals surface area contributed by atoms with Gasteiger partial charge in [0.2, 0.25) is 0 Å². The lowest BCUT2D eigenvalue weighted by Gasteiger charge is -2.06.